The fraction of sp³-hybridized carbons (Fsp3) is 0.0556. The van der Waals surface area contributed by atoms with E-state index in [1.165, 1.54) is 22.3 Å². The molecule has 0 unspecified atom stereocenters. The molecule has 1 aliphatic rings. The van der Waals surface area contributed by atoms with Crippen LogP contribution >= 0.6 is 0 Å². The number of hydrogen-bond donors (Lipinski definition) is 0. The molecule has 4 heteroatoms. The van der Waals surface area contributed by atoms with Crippen LogP contribution in [0.2, 0.25) is 0 Å². The summed E-state index contributed by atoms with van der Waals surface area (Å²) >= 11 is 0. The Balaban J connectivity index is 1.00. The normalized spacial score (nSPS) is 13.0. The van der Waals surface area contributed by atoms with Gasteiger partial charge in [-0.25, -0.2) is 15.0 Å². The first-order chi connectivity index (χ1) is 28.9. The molecule has 11 rings (SSSR count). The zero-order valence-electron chi connectivity index (χ0n) is 33.1. The van der Waals surface area contributed by atoms with Gasteiger partial charge in [0.25, 0.3) is 0 Å². The van der Waals surface area contributed by atoms with Gasteiger partial charge in [-0.15, -0.1) is 0 Å². The van der Waals surface area contributed by atoms with E-state index in [9.17, 15) is 0 Å². The van der Waals surface area contributed by atoms with Crippen molar-refractivity contribution in [2.24, 2.45) is 0 Å². The molecule has 0 radical (unpaired) electrons. The second-order valence-corrected chi connectivity index (χ2v) is 15.5. The van der Waals surface area contributed by atoms with Gasteiger partial charge in [-0.1, -0.05) is 172 Å². The highest BCUT2D eigenvalue weighted by Gasteiger charge is 2.35. The van der Waals surface area contributed by atoms with Crippen LogP contribution in [-0.2, 0) is 5.41 Å². The molecule has 4 nitrogen and oxygen atoms in total. The molecule has 0 amide bonds. The number of benzene rings is 8. The van der Waals surface area contributed by atoms with Gasteiger partial charge in [0.05, 0.1) is 1.37 Å². The lowest BCUT2D eigenvalue weighted by Crippen LogP contribution is -2.15. The first kappa shape index (κ1) is 32.8. The van der Waals surface area contributed by atoms with E-state index in [4.69, 9.17) is 20.7 Å². The molecule has 58 heavy (non-hydrogen) atoms. The number of hydrogen-bond acceptors (Lipinski definition) is 4. The van der Waals surface area contributed by atoms with Crippen LogP contribution in [0.15, 0.2) is 192 Å². The number of fused-ring (bicyclic) bond motifs is 6. The van der Waals surface area contributed by atoms with Crippen LogP contribution in [0.5, 0.6) is 0 Å². The van der Waals surface area contributed by atoms with E-state index >= 15 is 0 Å². The summed E-state index contributed by atoms with van der Waals surface area (Å²) in [5.41, 5.74) is 16.1. The van der Waals surface area contributed by atoms with Crippen LogP contribution in [-0.4, -0.2) is 15.0 Å². The Morgan fingerprint density at radius 3 is 1.72 bits per heavy atom. The van der Waals surface area contributed by atoms with Crippen LogP contribution in [0, 0.1) is 0 Å². The third-order valence-corrected chi connectivity index (χ3v) is 11.7. The van der Waals surface area contributed by atoms with Gasteiger partial charge in [0, 0.05) is 32.9 Å². The van der Waals surface area contributed by atoms with E-state index in [0.29, 0.717) is 23.5 Å². The minimum Gasteiger partial charge on any atom is -0.456 e. The van der Waals surface area contributed by atoms with Crippen molar-refractivity contribution in [1.82, 2.24) is 15.0 Å². The van der Waals surface area contributed by atoms with Crippen molar-refractivity contribution in [3.63, 3.8) is 0 Å². The van der Waals surface area contributed by atoms with E-state index in [1.54, 1.807) is 0 Å². The summed E-state index contributed by atoms with van der Waals surface area (Å²) in [5.74, 6) is 1.85. The molecule has 0 N–H and O–H groups in total. The maximum Gasteiger partial charge on any atom is 0.164 e. The summed E-state index contributed by atoms with van der Waals surface area (Å²) in [5, 5.41) is 1.97. The molecule has 0 atom stereocenters. The second kappa shape index (κ2) is 13.4. The first-order valence-electron chi connectivity index (χ1n) is 20.2. The van der Waals surface area contributed by atoms with Gasteiger partial charge in [0.2, 0.25) is 0 Å². The fourth-order valence-electron chi connectivity index (χ4n) is 8.69. The largest absolute Gasteiger partial charge is 0.456 e. The van der Waals surface area contributed by atoms with Crippen molar-refractivity contribution in [1.29, 1.82) is 0 Å². The average molecular weight is 745 g/mol. The van der Waals surface area contributed by atoms with Gasteiger partial charge in [-0.2, -0.15) is 0 Å². The summed E-state index contributed by atoms with van der Waals surface area (Å²) in [6.45, 7) is 4.59. The van der Waals surface area contributed by atoms with Crippen LogP contribution < -0.4 is 0 Å². The minimum absolute atomic E-state index is 0.152. The molecule has 0 saturated heterocycles. The van der Waals surface area contributed by atoms with Crippen molar-refractivity contribution in [2.45, 2.75) is 19.3 Å². The lowest BCUT2D eigenvalue weighted by Gasteiger charge is -2.21. The Morgan fingerprint density at radius 1 is 0.397 bits per heavy atom. The summed E-state index contributed by atoms with van der Waals surface area (Å²) in [6, 6.07) is 63.4. The zero-order chi connectivity index (χ0) is 39.7. The molecule has 0 fully saturated rings. The zero-order valence-corrected chi connectivity index (χ0v) is 32.1. The van der Waals surface area contributed by atoms with Crippen LogP contribution in [0.3, 0.4) is 0 Å². The SMILES string of the molecule is [2H]c1ccc(-c2cccc(-c3ccc(-c4ccc5oc6cccc(-c7nc(-c8ccccc8)nc(-c8ccc9c(c8)C(C)(C)c8ccccc8-9)n7)c6c5c4)cc3)c2)cc1. The molecule has 0 bridgehead atoms. The molecule has 274 valence electrons. The van der Waals surface area contributed by atoms with Crippen molar-refractivity contribution >= 4 is 21.9 Å². The van der Waals surface area contributed by atoms with Gasteiger partial charge >= 0.3 is 0 Å². The van der Waals surface area contributed by atoms with E-state index in [0.717, 1.165) is 72.0 Å². The van der Waals surface area contributed by atoms with E-state index in [-0.39, 0.29) is 5.41 Å². The molecular weight excluding hydrogens is 707 g/mol. The topological polar surface area (TPSA) is 51.8 Å². The predicted molar refractivity (Wildman–Crippen MR) is 237 cm³/mol. The van der Waals surface area contributed by atoms with Crippen LogP contribution in [0.25, 0.3) is 101 Å². The Kier molecular flexibility index (Phi) is 7.55. The fourth-order valence-corrected chi connectivity index (χ4v) is 8.69. The van der Waals surface area contributed by atoms with Crippen molar-refractivity contribution in [2.75, 3.05) is 0 Å². The second-order valence-electron chi connectivity index (χ2n) is 15.5. The van der Waals surface area contributed by atoms with E-state index in [1.807, 2.05) is 66.7 Å². The monoisotopic (exact) mass is 744 g/mol. The van der Waals surface area contributed by atoms with E-state index < -0.39 is 0 Å². The summed E-state index contributed by atoms with van der Waals surface area (Å²) in [6.07, 6.45) is 0. The predicted octanol–water partition coefficient (Wildman–Crippen LogP) is 14.1. The highest BCUT2D eigenvalue weighted by atomic mass is 16.3. The average Bonchev–Trinajstić information content (AvgIpc) is 3.78. The molecule has 0 saturated carbocycles. The quantitative estimate of drug-likeness (QED) is 0.170. The number of furan rings is 1. The third-order valence-electron chi connectivity index (χ3n) is 11.7. The first-order valence-corrected chi connectivity index (χ1v) is 19.7. The molecule has 8 aromatic carbocycles. The van der Waals surface area contributed by atoms with Gasteiger partial charge < -0.3 is 4.42 Å². The Bertz CT molecular complexity index is 3240. The van der Waals surface area contributed by atoms with E-state index in [2.05, 4.69) is 129 Å². The third kappa shape index (κ3) is 5.64. The molecular formula is C54H37N3O. The minimum atomic E-state index is -0.152. The van der Waals surface area contributed by atoms with Crippen molar-refractivity contribution < 1.29 is 5.79 Å². The summed E-state index contributed by atoms with van der Waals surface area (Å²) in [7, 11) is 0. The van der Waals surface area contributed by atoms with Gasteiger partial charge in [-0.3, -0.25) is 0 Å². The van der Waals surface area contributed by atoms with Gasteiger partial charge in [-0.05, 0) is 86.0 Å². The molecule has 2 aromatic heterocycles. The molecule has 10 aromatic rings. The molecule has 0 aliphatic heterocycles. The van der Waals surface area contributed by atoms with Crippen molar-refractivity contribution in [3.05, 3.63) is 199 Å². The molecule has 0 spiro atoms. The maximum atomic E-state index is 7.85. The lowest BCUT2D eigenvalue weighted by atomic mass is 9.82. The van der Waals surface area contributed by atoms with Crippen molar-refractivity contribution in [3.8, 4) is 78.7 Å². The number of nitrogens with zero attached hydrogens (tertiary/aromatic N) is 3. The number of aromatic nitrogens is 3. The number of rotatable bonds is 6. The Morgan fingerprint density at radius 2 is 0.948 bits per heavy atom. The highest BCUT2D eigenvalue weighted by molar-refractivity contribution is 6.12. The smallest absolute Gasteiger partial charge is 0.164 e. The Labute approximate surface area is 338 Å². The summed E-state index contributed by atoms with van der Waals surface area (Å²) in [4.78, 5) is 15.5. The maximum absolute atomic E-state index is 7.85. The highest BCUT2D eigenvalue weighted by Crippen LogP contribution is 2.49. The van der Waals surface area contributed by atoms with Crippen LogP contribution in [0.4, 0.5) is 0 Å². The summed E-state index contributed by atoms with van der Waals surface area (Å²) < 4.78 is 14.3. The Hall–Kier alpha value is -7.43. The standard InChI is InChI=1S/C54H37N3O/c1-54(2)46-21-10-9-19-42(46)43-29-27-41(33-47(43)54)52-55-51(37-15-7-4-8-16-37)56-53(57-52)44-20-12-22-49-50(44)45-32-40(28-30-48(45)58-49)36-25-23-35(24-26-36)39-18-11-17-38(31-39)34-13-5-3-6-14-34/h3-33H,1-2H3/i3D. The molecule has 2 heterocycles. The van der Waals surface area contributed by atoms with Crippen LogP contribution in [0.1, 0.15) is 26.3 Å². The molecule has 1 aliphatic carbocycles. The lowest BCUT2D eigenvalue weighted by molar-refractivity contribution is 0.660. The van der Waals surface area contributed by atoms with Gasteiger partial charge in [0.15, 0.2) is 17.5 Å². The van der Waals surface area contributed by atoms with Gasteiger partial charge in [0.1, 0.15) is 11.2 Å².